The fourth-order valence-electron chi connectivity index (χ4n) is 4.60. The number of rotatable bonds is 5. The fourth-order valence-corrected chi connectivity index (χ4v) is 4.60. The number of carboxylic acids is 1. The number of aromatic carboxylic acids is 1. The molecule has 4 rings (SSSR count). The van der Waals surface area contributed by atoms with Crippen molar-refractivity contribution in [2.75, 3.05) is 0 Å². The number of carbonyl (C=O) groups excluding carboxylic acids is 1. The minimum Gasteiger partial charge on any atom is -0.477 e. The van der Waals surface area contributed by atoms with E-state index < -0.39 is 11.9 Å². The Kier molecular flexibility index (Phi) is 5.56. The Bertz CT molecular complexity index is 1140. The Morgan fingerprint density at radius 3 is 2.68 bits per heavy atom. The molecule has 31 heavy (non-hydrogen) atoms. The maximum absolute atomic E-state index is 12.8. The predicted molar refractivity (Wildman–Crippen MR) is 118 cm³/mol. The Labute approximate surface area is 180 Å². The molecule has 4 atom stereocenters. The first-order valence-corrected chi connectivity index (χ1v) is 10.4. The minimum atomic E-state index is -1.07. The van der Waals surface area contributed by atoms with Crippen LogP contribution in [0.15, 0.2) is 54.3 Å². The van der Waals surface area contributed by atoms with Crippen LogP contribution in [0.2, 0.25) is 0 Å². The highest BCUT2D eigenvalue weighted by Gasteiger charge is 2.36. The molecule has 0 saturated heterocycles. The monoisotopic (exact) mass is 421 g/mol. The molecule has 2 aliphatic rings. The highest BCUT2D eigenvalue weighted by Crippen LogP contribution is 2.39. The Hall–Kier alpha value is -3.16. The number of carboxylic acid groups (broad SMARTS) is 1. The average Bonchev–Trinajstić information content (AvgIpc) is 3.02. The first kappa shape index (κ1) is 21.1. The topological polar surface area (TPSA) is 104 Å². The van der Waals surface area contributed by atoms with Crippen molar-refractivity contribution in [1.82, 2.24) is 15.4 Å². The zero-order valence-corrected chi connectivity index (χ0v) is 17.8. The van der Waals surface area contributed by atoms with E-state index in [1.165, 1.54) is 0 Å². The number of nitrogens with one attached hydrogen (secondary N) is 2. The molecule has 0 bridgehead atoms. The first-order valence-electron chi connectivity index (χ1n) is 10.4. The molecular formula is C24H27N3O4. The molecule has 2 heterocycles. The van der Waals surface area contributed by atoms with Crippen molar-refractivity contribution in [3.63, 3.8) is 0 Å². The molecule has 1 amide bonds. The van der Waals surface area contributed by atoms with Gasteiger partial charge in [0.15, 0.2) is 0 Å². The van der Waals surface area contributed by atoms with Crippen molar-refractivity contribution in [2.24, 2.45) is 11.8 Å². The van der Waals surface area contributed by atoms with Crippen LogP contribution in [-0.2, 0) is 11.3 Å². The molecule has 162 valence electrons. The second-order valence-electron chi connectivity index (χ2n) is 8.49. The average molecular weight is 421 g/mol. The van der Waals surface area contributed by atoms with Crippen LogP contribution in [-0.4, -0.2) is 32.8 Å². The summed E-state index contributed by atoms with van der Waals surface area (Å²) in [6, 6.07) is 5.58. The van der Waals surface area contributed by atoms with Crippen LogP contribution >= 0.6 is 0 Å². The van der Waals surface area contributed by atoms with Gasteiger partial charge in [-0.25, -0.2) is 4.79 Å². The van der Waals surface area contributed by atoms with Crippen molar-refractivity contribution in [3.05, 3.63) is 71.1 Å². The molecular weight excluding hydrogens is 394 g/mol. The lowest BCUT2D eigenvalue weighted by atomic mass is 9.83. The molecule has 1 aliphatic carbocycles. The predicted octanol–water partition coefficient (Wildman–Crippen LogP) is 3.49. The van der Waals surface area contributed by atoms with Crippen LogP contribution in [0.3, 0.4) is 0 Å². The van der Waals surface area contributed by atoms with E-state index >= 15 is 0 Å². The zero-order chi connectivity index (χ0) is 22.3. The summed E-state index contributed by atoms with van der Waals surface area (Å²) in [5.41, 5.74) is 5.64. The molecule has 0 spiro atoms. The molecule has 7 heteroatoms. The van der Waals surface area contributed by atoms with E-state index in [1.54, 1.807) is 10.8 Å². The van der Waals surface area contributed by atoms with Gasteiger partial charge in [-0.05, 0) is 36.5 Å². The van der Waals surface area contributed by atoms with Gasteiger partial charge >= 0.3 is 5.97 Å². The Balaban J connectivity index is 1.93. The maximum atomic E-state index is 12.8. The molecule has 1 aromatic carbocycles. The van der Waals surface area contributed by atoms with Crippen LogP contribution < -0.4 is 10.8 Å². The van der Waals surface area contributed by atoms with Gasteiger partial charge in [0, 0.05) is 29.2 Å². The van der Waals surface area contributed by atoms with Gasteiger partial charge < -0.3 is 20.2 Å². The van der Waals surface area contributed by atoms with Gasteiger partial charge in [-0.2, -0.15) is 5.48 Å². The third kappa shape index (κ3) is 3.71. The highest BCUT2D eigenvalue weighted by molar-refractivity contribution is 6.03. The van der Waals surface area contributed by atoms with Crippen LogP contribution in [0, 0.1) is 18.8 Å². The van der Waals surface area contributed by atoms with E-state index in [0.717, 1.165) is 22.0 Å². The Morgan fingerprint density at radius 1 is 1.23 bits per heavy atom. The van der Waals surface area contributed by atoms with Crippen molar-refractivity contribution in [2.45, 2.75) is 39.3 Å². The van der Waals surface area contributed by atoms with Gasteiger partial charge in [-0.15, -0.1) is 0 Å². The molecule has 2 aromatic rings. The van der Waals surface area contributed by atoms with E-state index in [0.29, 0.717) is 12.1 Å². The summed E-state index contributed by atoms with van der Waals surface area (Å²) in [5, 5.41) is 23.2. The summed E-state index contributed by atoms with van der Waals surface area (Å²) in [5.74, 6) is -1.88. The molecule has 4 unspecified atom stereocenters. The van der Waals surface area contributed by atoms with Crippen LogP contribution in [0.1, 0.15) is 41.4 Å². The molecule has 1 aromatic heterocycles. The summed E-state index contributed by atoms with van der Waals surface area (Å²) in [7, 11) is 0. The van der Waals surface area contributed by atoms with E-state index in [1.807, 2.05) is 63.3 Å². The fraction of sp³-hybridized carbons (Fsp3) is 0.333. The number of amides is 1. The van der Waals surface area contributed by atoms with Gasteiger partial charge in [0.1, 0.15) is 5.69 Å². The third-order valence-electron chi connectivity index (χ3n) is 6.27. The largest absolute Gasteiger partial charge is 0.477 e. The second-order valence-corrected chi connectivity index (χ2v) is 8.49. The summed E-state index contributed by atoms with van der Waals surface area (Å²) in [6.45, 7) is 6.19. The van der Waals surface area contributed by atoms with E-state index in [2.05, 4.69) is 10.8 Å². The minimum absolute atomic E-state index is 0.117. The zero-order valence-electron chi connectivity index (χ0n) is 17.8. The third-order valence-corrected chi connectivity index (χ3v) is 6.27. The van der Waals surface area contributed by atoms with E-state index in [9.17, 15) is 19.9 Å². The number of hydrogen-bond acceptors (Lipinski definition) is 4. The quantitative estimate of drug-likeness (QED) is 0.554. The normalized spacial score (nSPS) is 25.5. The molecule has 7 nitrogen and oxygen atoms in total. The van der Waals surface area contributed by atoms with Gasteiger partial charge in [-0.3, -0.25) is 4.79 Å². The first-order chi connectivity index (χ1) is 14.8. The van der Waals surface area contributed by atoms with Crippen molar-refractivity contribution in [1.29, 1.82) is 0 Å². The summed E-state index contributed by atoms with van der Waals surface area (Å²) in [4.78, 5) is 25.3. The lowest BCUT2D eigenvalue weighted by Crippen LogP contribution is -2.33. The molecule has 4 N–H and O–H groups in total. The van der Waals surface area contributed by atoms with Crippen LogP contribution in [0.25, 0.3) is 10.9 Å². The SMILES string of the molecule is Cc1ccc2c(c1)c(C1C(=O)NC=CC1C)c(C(=O)O)n2CC1=CC(NO)C(C)C=C1. The number of hydroxylamine groups is 1. The number of fused-ring (bicyclic) bond motifs is 1. The molecule has 0 saturated carbocycles. The second kappa shape index (κ2) is 8.17. The van der Waals surface area contributed by atoms with Crippen molar-refractivity contribution < 1.29 is 19.9 Å². The number of carbonyl (C=O) groups is 2. The number of benzene rings is 1. The van der Waals surface area contributed by atoms with E-state index in [4.69, 9.17) is 0 Å². The van der Waals surface area contributed by atoms with Crippen LogP contribution in [0.5, 0.6) is 0 Å². The van der Waals surface area contributed by atoms with Gasteiger partial charge in [0.2, 0.25) is 5.91 Å². The smallest absolute Gasteiger partial charge is 0.352 e. The summed E-state index contributed by atoms with van der Waals surface area (Å²) in [6.07, 6.45) is 9.37. The highest BCUT2D eigenvalue weighted by atomic mass is 16.5. The Morgan fingerprint density at radius 2 is 2.00 bits per heavy atom. The number of aromatic nitrogens is 1. The summed E-state index contributed by atoms with van der Waals surface area (Å²) >= 11 is 0. The number of hydrogen-bond donors (Lipinski definition) is 4. The maximum Gasteiger partial charge on any atom is 0.352 e. The number of allylic oxidation sites excluding steroid dienone is 3. The van der Waals surface area contributed by atoms with Crippen LogP contribution in [0.4, 0.5) is 0 Å². The molecule has 0 fully saturated rings. The molecule has 0 radical (unpaired) electrons. The number of nitrogens with zero attached hydrogens (tertiary/aromatic N) is 1. The van der Waals surface area contributed by atoms with Gasteiger partial charge in [-0.1, -0.05) is 49.8 Å². The lowest BCUT2D eigenvalue weighted by molar-refractivity contribution is -0.122. The van der Waals surface area contributed by atoms with Crippen molar-refractivity contribution in [3.8, 4) is 0 Å². The van der Waals surface area contributed by atoms with E-state index in [-0.39, 0.29) is 29.5 Å². The molecule has 1 aliphatic heterocycles. The lowest BCUT2D eigenvalue weighted by Gasteiger charge is -2.25. The number of aryl methyl sites for hydroxylation is 1. The van der Waals surface area contributed by atoms with Gasteiger partial charge in [0.25, 0.3) is 0 Å². The standard InChI is InChI=1S/C24H27N3O4/c1-13-4-7-19-17(10-13)21(20-15(3)8-9-25-23(20)28)22(24(29)30)27(19)12-16-6-5-14(2)18(11-16)26-31/h4-11,14-15,18,20,26,31H,12H2,1-3H3,(H,25,28)(H,29,30). The summed E-state index contributed by atoms with van der Waals surface area (Å²) < 4.78 is 1.77. The van der Waals surface area contributed by atoms with Gasteiger partial charge in [0.05, 0.1) is 12.0 Å². The van der Waals surface area contributed by atoms with Crippen molar-refractivity contribution >= 4 is 22.8 Å².